The fraction of sp³-hybridized carbons (Fsp3) is 0.571. The number of hydrogen-bond acceptors (Lipinski definition) is 2. The van der Waals surface area contributed by atoms with Crippen molar-refractivity contribution in [2.45, 2.75) is 63.5 Å². The number of benzene rings is 1. The molecule has 2 aromatic rings. The fourth-order valence-corrected chi connectivity index (χ4v) is 5.96. The van der Waals surface area contributed by atoms with E-state index >= 15 is 0 Å². The van der Waals surface area contributed by atoms with Crippen LogP contribution in [0.25, 0.3) is 10.9 Å². The van der Waals surface area contributed by atoms with Gasteiger partial charge in [-0.1, -0.05) is 6.92 Å². The van der Waals surface area contributed by atoms with Crippen molar-refractivity contribution >= 4 is 16.8 Å². The monoisotopic (exact) mass is 338 g/mol. The van der Waals surface area contributed by atoms with Crippen LogP contribution in [-0.4, -0.2) is 33.0 Å². The molecular formula is C21H26N2O2. The highest BCUT2D eigenvalue weighted by molar-refractivity contribution is 5.86. The van der Waals surface area contributed by atoms with E-state index in [0.717, 1.165) is 28.3 Å². The van der Waals surface area contributed by atoms with Gasteiger partial charge in [-0.05, 0) is 73.6 Å². The van der Waals surface area contributed by atoms with E-state index in [0.29, 0.717) is 24.4 Å². The highest BCUT2D eigenvalue weighted by Gasteiger charge is 2.48. The molecule has 0 spiro atoms. The van der Waals surface area contributed by atoms with Gasteiger partial charge in [0, 0.05) is 35.6 Å². The lowest BCUT2D eigenvalue weighted by atomic mass is 9.63. The second-order valence-corrected chi connectivity index (χ2v) is 8.60. The molecule has 2 saturated heterocycles. The Kier molecular flexibility index (Phi) is 3.37. The Morgan fingerprint density at radius 1 is 1.20 bits per heavy atom. The molecule has 1 amide bonds. The van der Waals surface area contributed by atoms with Gasteiger partial charge < -0.3 is 15.0 Å². The molecule has 25 heavy (non-hydrogen) atoms. The zero-order chi connectivity index (χ0) is 17.1. The van der Waals surface area contributed by atoms with Crippen LogP contribution in [0, 0.1) is 11.8 Å². The van der Waals surface area contributed by atoms with Gasteiger partial charge >= 0.3 is 0 Å². The molecule has 132 valence electrons. The van der Waals surface area contributed by atoms with Crippen LogP contribution in [0.15, 0.2) is 24.4 Å². The van der Waals surface area contributed by atoms with Crippen LogP contribution in [0.4, 0.5) is 0 Å². The normalized spacial score (nSPS) is 31.6. The first kappa shape index (κ1) is 15.3. The Morgan fingerprint density at radius 3 is 2.56 bits per heavy atom. The van der Waals surface area contributed by atoms with Crippen LogP contribution in [0.2, 0.25) is 0 Å². The third-order valence-electron chi connectivity index (χ3n) is 6.87. The highest BCUT2D eigenvalue weighted by Crippen LogP contribution is 2.49. The SMILES string of the molecule is CC(CC(=O)N1C2CC3CC(C2)CC1C3)c1c[nH]c2ccc(O)cc12. The Labute approximate surface area is 148 Å². The molecule has 1 unspecified atom stereocenters. The van der Waals surface area contributed by atoms with E-state index in [1.54, 1.807) is 12.1 Å². The highest BCUT2D eigenvalue weighted by atomic mass is 16.3. The number of aromatic hydroxyl groups is 1. The summed E-state index contributed by atoms with van der Waals surface area (Å²) in [5.41, 5.74) is 2.14. The third-order valence-corrected chi connectivity index (χ3v) is 6.87. The summed E-state index contributed by atoms with van der Waals surface area (Å²) in [6.45, 7) is 2.13. The molecular weight excluding hydrogens is 312 g/mol. The second-order valence-electron chi connectivity index (χ2n) is 8.60. The summed E-state index contributed by atoms with van der Waals surface area (Å²) in [6, 6.07) is 6.39. The average molecular weight is 338 g/mol. The van der Waals surface area contributed by atoms with E-state index in [4.69, 9.17) is 0 Å². The number of carbonyl (C=O) groups is 1. The molecule has 6 rings (SSSR count). The molecule has 1 atom stereocenters. The number of fused-ring (bicyclic) bond motifs is 1. The van der Waals surface area contributed by atoms with Crippen LogP contribution in [0.5, 0.6) is 5.75 Å². The number of rotatable bonds is 3. The fourth-order valence-electron chi connectivity index (χ4n) is 5.96. The van der Waals surface area contributed by atoms with Crippen LogP contribution >= 0.6 is 0 Å². The van der Waals surface area contributed by atoms with Crippen molar-refractivity contribution in [1.82, 2.24) is 9.88 Å². The molecule has 2 N–H and O–H groups in total. The molecule has 1 aromatic carbocycles. The summed E-state index contributed by atoms with van der Waals surface area (Å²) in [4.78, 5) is 18.6. The maximum atomic E-state index is 13.1. The van der Waals surface area contributed by atoms with Crippen LogP contribution in [-0.2, 0) is 4.79 Å². The number of H-pyrrole nitrogens is 1. The van der Waals surface area contributed by atoms with Crippen molar-refractivity contribution in [2.24, 2.45) is 11.8 Å². The maximum Gasteiger partial charge on any atom is 0.223 e. The van der Waals surface area contributed by atoms with E-state index in [-0.39, 0.29) is 11.7 Å². The van der Waals surface area contributed by atoms with Crippen molar-refractivity contribution in [3.63, 3.8) is 0 Å². The molecule has 1 aromatic heterocycles. The molecule has 4 aliphatic rings. The summed E-state index contributed by atoms with van der Waals surface area (Å²) in [5.74, 6) is 2.51. The van der Waals surface area contributed by atoms with Crippen molar-refractivity contribution in [1.29, 1.82) is 0 Å². The standard InChI is InChI=1S/C21H26N2O2/c1-12(19-11-22-20-3-2-17(24)10-18(19)20)4-21(25)23-15-6-13-5-14(8-15)9-16(23)7-13/h2-3,10-16,22,24H,4-9H2,1H3. The number of carbonyl (C=O) groups excluding carboxylic acids is 1. The molecule has 4 fully saturated rings. The molecule has 2 aliphatic carbocycles. The molecule has 4 nitrogen and oxygen atoms in total. The van der Waals surface area contributed by atoms with Crippen LogP contribution in [0.3, 0.4) is 0 Å². The predicted molar refractivity (Wildman–Crippen MR) is 97.5 cm³/mol. The van der Waals surface area contributed by atoms with E-state index in [1.165, 1.54) is 32.1 Å². The minimum absolute atomic E-state index is 0.153. The Balaban J connectivity index is 1.36. The summed E-state index contributed by atoms with van der Waals surface area (Å²) >= 11 is 0. The third kappa shape index (κ3) is 2.45. The summed E-state index contributed by atoms with van der Waals surface area (Å²) in [6.07, 6.45) is 8.88. The number of phenols is 1. The van der Waals surface area contributed by atoms with Crippen LogP contribution < -0.4 is 0 Å². The van der Waals surface area contributed by atoms with E-state index in [2.05, 4.69) is 16.8 Å². The van der Waals surface area contributed by atoms with Crippen molar-refractivity contribution < 1.29 is 9.90 Å². The topological polar surface area (TPSA) is 56.3 Å². The van der Waals surface area contributed by atoms with Crippen molar-refractivity contribution in [2.75, 3.05) is 0 Å². The van der Waals surface area contributed by atoms with Gasteiger partial charge in [0.15, 0.2) is 0 Å². The molecule has 0 radical (unpaired) electrons. The minimum Gasteiger partial charge on any atom is -0.508 e. The number of hydrogen-bond donors (Lipinski definition) is 2. The van der Waals surface area contributed by atoms with Crippen molar-refractivity contribution in [3.8, 4) is 5.75 Å². The van der Waals surface area contributed by atoms with Gasteiger partial charge in [0.05, 0.1) is 0 Å². The number of nitrogens with one attached hydrogen (secondary N) is 1. The average Bonchev–Trinajstić information content (AvgIpc) is 2.96. The lowest BCUT2D eigenvalue weighted by molar-refractivity contribution is -0.149. The number of aromatic amines is 1. The number of phenolic OH excluding ortho intramolecular Hbond substituents is 1. The first-order valence-electron chi connectivity index (χ1n) is 9.69. The van der Waals surface area contributed by atoms with Gasteiger partial charge in [-0.25, -0.2) is 0 Å². The smallest absolute Gasteiger partial charge is 0.223 e. The van der Waals surface area contributed by atoms with Gasteiger partial charge in [-0.2, -0.15) is 0 Å². The Bertz CT molecular complexity index is 796. The quantitative estimate of drug-likeness (QED) is 0.883. The van der Waals surface area contributed by atoms with Gasteiger partial charge in [-0.15, -0.1) is 0 Å². The molecule has 3 heterocycles. The van der Waals surface area contributed by atoms with E-state index < -0.39 is 0 Å². The lowest BCUT2D eigenvalue weighted by Gasteiger charge is -2.56. The first-order valence-corrected chi connectivity index (χ1v) is 9.69. The number of amides is 1. The molecule has 4 heteroatoms. The molecule has 2 saturated carbocycles. The number of aromatic nitrogens is 1. The molecule has 2 aliphatic heterocycles. The first-order chi connectivity index (χ1) is 12.1. The van der Waals surface area contributed by atoms with Gasteiger partial charge in [0.25, 0.3) is 0 Å². The maximum absolute atomic E-state index is 13.1. The summed E-state index contributed by atoms with van der Waals surface area (Å²) in [7, 11) is 0. The minimum atomic E-state index is 0.153. The molecule has 4 bridgehead atoms. The van der Waals surface area contributed by atoms with E-state index in [9.17, 15) is 9.90 Å². The lowest BCUT2D eigenvalue weighted by Crippen LogP contribution is -2.59. The van der Waals surface area contributed by atoms with Crippen molar-refractivity contribution in [3.05, 3.63) is 30.0 Å². The van der Waals surface area contributed by atoms with Gasteiger partial charge in [0.2, 0.25) is 5.91 Å². The van der Waals surface area contributed by atoms with Crippen LogP contribution in [0.1, 0.15) is 56.9 Å². The number of piperidine rings is 2. The zero-order valence-corrected chi connectivity index (χ0v) is 14.7. The summed E-state index contributed by atoms with van der Waals surface area (Å²) in [5, 5.41) is 10.8. The predicted octanol–water partition coefficient (Wildman–Crippen LogP) is 4.16. The Hall–Kier alpha value is -1.97. The van der Waals surface area contributed by atoms with Gasteiger partial charge in [0.1, 0.15) is 5.75 Å². The van der Waals surface area contributed by atoms with E-state index in [1.807, 2.05) is 12.3 Å². The van der Waals surface area contributed by atoms with Gasteiger partial charge in [-0.3, -0.25) is 4.79 Å². The summed E-state index contributed by atoms with van der Waals surface area (Å²) < 4.78 is 0. The Morgan fingerprint density at radius 2 is 1.88 bits per heavy atom. The largest absolute Gasteiger partial charge is 0.508 e. The second kappa shape index (κ2) is 5.52. The zero-order valence-electron chi connectivity index (χ0n) is 14.7. The number of nitrogens with zero attached hydrogens (tertiary/aromatic N) is 1.